The summed E-state index contributed by atoms with van der Waals surface area (Å²) >= 11 is 0. The molecule has 1 heterocycles. The molecule has 0 spiro atoms. The van der Waals surface area contributed by atoms with Crippen LogP contribution in [-0.2, 0) is 6.54 Å². The maximum absolute atomic E-state index is 13.6. The Morgan fingerprint density at radius 1 is 1.14 bits per heavy atom. The predicted octanol–water partition coefficient (Wildman–Crippen LogP) is 3.84. The lowest BCUT2D eigenvalue weighted by atomic mass is 10.1. The average molecular weight is 295 g/mol. The van der Waals surface area contributed by atoms with Gasteiger partial charge in [0.1, 0.15) is 11.6 Å². The Morgan fingerprint density at radius 3 is 2.33 bits per heavy atom. The molecule has 1 aromatic heterocycles. The summed E-state index contributed by atoms with van der Waals surface area (Å²) in [5.41, 5.74) is 0.935. The molecule has 0 aliphatic carbocycles. The van der Waals surface area contributed by atoms with Crippen molar-refractivity contribution in [3.8, 4) is 0 Å². The third kappa shape index (κ3) is 6.00. The second-order valence-corrected chi connectivity index (χ2v) is 6.80. The van der Waals surface area contributed by atoms with E-state index < -0.39 is 0 Å². The number of pyridine rings is 1. The number of rotatable bonds is 8. The van der Waals surface area contributed by atoms with Crippen molar-refractivity contribution in [1.29, 1.82) is 0 Å². The highest BCUT2D eigenvalue weighted by molar-refractivity contribution is 5.47. The van der Waals surface area contributed by atoms with Crippen LogP contribution in [0.25, 0.3) is 0 Å². The normalized spacial score (nSPS) is 11.7. The third-order valence-electron chi connectivity index (χ3n) is 3.23. The van der Waals surface area contributed by atoms with Crippen LogP contribution in [0.2, 0.25) is 0 Å². The van der Waals surface area contributed by atoms with Gasteiger partial charge in [0.05, 0.1) is 6.20 Å². The molecule has 1 rings (SSSR count). The topological polar surface area (TPSA) is 28.2 Å². The molecule has 3 nitrogen and oxygen atoms in total. The van der Waals surface area contributed by atoms with E-state index in [9.17, 15) is 4.39 Å². The molecule has 1 N–H and O–H groups in total. The van der Waals surface area contributed by atoms with Gasteiger partial charge in [-0.1, -0.05) is 27.7 Å². The van der Waals surface area contributed by atoms with Crippen molar-refractivity contribution in [2.45, 2.75) is 54.1 Å². The first-order chi connectivity index (χ1) is 9.81. The Hall–Kier alpha value is -1.16. The summed E-state index contributed by atoms with van der Waals surface area (Å²) in [5, 5.41) is 3.38. The predicted molar refractivity (Wildman–Crippen MR) is 88.1 cm³/mol. The number of halogens is 1. The number of aromatic nitrogens is 1. The molecule has 0 saturated carbocycles. The number of nitrogens with one attached hydrogen (secondary N) is 1. The minimum Gasteiger partial charge on any atom is -0.354 e. The van der Waals surface area contributed by atoms with Gasteiger partial charge in [0.2, 0.25) is 0 Å². The fraction of sp³-hybridized carbons (Fsp3) is 0.706. The molecule has 0 atom stereocenters. The zero-order chi connectivity index (χ0) is 16.0. The van der Waals surface area contributed by atoms with Crippen molar-refractivity contribution in [2.75, 3.05) is 18.0 Å². The maximum atomic E-state index is 13.6. The molecule has 0 unspecified atom stereocenters. The van der Waals surface area contributed by atoms with E-state index in [2.05, 4.69) is 56.7 Å². The number of hydrogen-bond donors (Lipinski definition) is 1. The summed E-state index contributed by atoms with van der Waals surface area (Å²) in [7, 11) is 0. The fourth-order valence-electron chi connectivity index (χ4n) is 2.29. The monoisotopic (exact) mass is 295 g/mol. The van der Waals surface area contributed by atoms with Gasteiger partial charge in [0, 0.05) is 24.7 Å². The lowest BCUT2D eigenvalue weighted by molar-refractivity contribution is 0.538. The minimum atomic E-state index is -0.270. The molecular formula is C17H30FN3. The number of hydrogen-bond acceptors (Lipinski definition) is 3. The summed E-state index contributed by atoms with van der Waals surface area (Å²) < 4.78 is 13.6. The van der Waals surface area contributed by atoms with Crippen LogP contribution in [0.3, 0.4) is 0 Å². The van der Waals surface area contributed by atoms with Gasteiger partial charge in [-0.05, 0) is 38.3 Å². The molecule has 0 aromatic carbocycles. The van der Waals surface area contributed by atoms with Crippen LogP contribution < -0.4 is 10.2 Å². The highest BCUT2D eigenvalue weighted by Crippen LogP contribution is 2.22. The summed E-state index contributed by atoms with van der Waals surface area (Å²) in [5.74, 6) is 1.74. The van der Waals surface area contributed by atoms with E-state index in [1.54, 1.807) is 6.07 Å². The molecule has 1 aromatic rings. The standard InChI is InChI=1S/C17H30FN3/c1-12(2)8-19-9-15-7-16(18)10-20-17(15)21(14(5)6)11-13(3)4/h7,10,12-14,19H,8-9,11H2,1-6H3. The van der Waals surface area contributed by atoms with E-state index >= 15 is 0 Å². The van der Waals surface area contributed by atoms with Gasteiger partial charge >= 0.3 is 0 Å². The Balaban J connectivity index is 2.97. The zero-order valence-corrected chi connectivity index (χ0v) is 14.3. The van der Waals surface area contributed by atoms with Crippen molar-refractivity contribution >= 4 is 5.82 Å². The van der Waals surface area contributed by atoms with Crippen molar-refractivity contribution in [3.63, 3.8) is 0 Å². The molecular weight excluding hydrogens is 265 g/mol. The highest BCUT2D eigenvalue weighted by Gasteiger charge is 2.17. The van der Waals surface area contributed by atoms with Crippen molar-refractivity contribution in [3.05, 3.63) is 23.6 Å². The Labute approximate surface area is 129 Å². The lowest BCUT2D eigenvalue weighted by Crippen LogP contribution is -2.36. The smallest absolute Gasteiger partial charge is 0.141 e. The summed E-state index contributed by atoms with van der Waals surface area (Å²) in [4.78, 5) is 6.62. The van der Waals surface area contributed by atoms with Crippen LogP contribution in [0.1, 0.15) is 47.1 Å². The highest BCUT2D eigenvalue weighted by atomic mass is 19.1. The average Bonchev–Trinajstić information content (AvgIpc) is 2.35. The van der Waals surface area contributed by atoms with Crippen LogP contribution in [0.5, 0.6) is 0 Å². The van der Waals surface area contributed by atoms with Gasteiger partial charge in [-0.3, -0.25) is 0 Å². The lowest BCUT2D eigenvalue weighted by Gasteiger charge is -2.31. The van der Waals surface area contributed by atoms with Crippen LogP contribution in [0.15, 0.2) is 12.3 Å². The molecule has 0 radical (unpaired) electrons. The molecule has 0 aliphatic heterocycles. The van der Waals surface area contributed by atoms with Crippen molar-refractivity contribution in [1.82, 2.24) is 10.3 Å². The Morgan fingerprint density at radius 2 is 1.81 bits per heavy atom. The second kappa shape index (κ2) is 8.32. The minimum absolute atomic E-state index is 0.270. The third-order valence-corrected chi connectivity index (χ3v) is 3.23. The largest absolute Gasteiger partial charge is 0.354 e. The molecule has 0 amide bonds. The fourth-order valence-corrected chi connectivity index (χ4v) is 2.29. The van der Waals surface area contributed by atoms with Gasteiger partial charge < -0.3 is 10.2 Å². The first kappa shape index (κ1) is 17.9. The second-order valence-electron chi connectivity index (χ2n) is 6.80. The zero-order valence-electron chi connectivity index (χ0n) is 14.3. The van der Waals surface area contributed by atoms with E-state index in [0.717, 1.165) is 24.5 Å². The van der Waals surface area contributed by atoms with E-state index in [1.165, 1.54) is 6.20 Å². The van der Waals surface area contributed by atoms with E-state index in [0.29, 0.717) is 24.4 Å². The summed E-state index contributed by atoms with van der Waals surface area (Å²) in [6, 6.07) is 1.94. The SMILES string of the molecule is CC(C)CNCc1cc(F)cnc1N(CC(C)C)C(C)C. The molecule has 0 saturated heterocycles. The van der Waals surface area contributed by atoms with E-state index in [4.69, 9.17) is 0 Å². The van der Waals surface area contributed by atoms with Crippen molar-refractivity contribution in [2.24, 2.45) is 11.8 Å². The summed E-state index contributed by atoms with van der Waals surface area (Å²) in [6.45, 7) is 15.5. The van der Waals surface area contributed by atoms with Crippen LogP contribution in [-0.4, -0.2) is 24.1 Å². The summed E-state index contributed by atoms with van der Waals surface area (Å²) in [6.07, 6.45) is 1.32. The van der Waals surface area contributed by atoms with Gasteiger partial charge in [0.25, 0.3) is 0 Å². The quantitative estimate of drug-likeness (QED) is 0.790. The number of anilines is 1. The molecule has 120 valence electrons. The Kier molecular flexibility index (Phi) is 7.09. The van der Waals surface area contributed by atoms with Crippen LogP contribution in [0, 0.1) is 17.7 Å². The van der Waals surface area contributed by atoms with Gasteiger partial charge in [-0.2, -0.15) is 0 Å². The van der Waals surface area contributed by atoms with Crippen molar-refractivity contribution < 1.29 is 4.39 Å². The van der Waals surface area contributed by atoms with Gasteiger partial charge in [-0.15, -0.1) is 0 Å². The number of nitrogens with zero attached hydrogens (tertiary/aromatic N) is 2. The van der Waals surface area contributed by atoms with Crippen LogP contribution in [0.4, 0.5) is 10.2 Å². The first-order valence-electron chi connectivity index (χ1n) is 7.93. The van der Waals surface area contributed by atoms with Gasteiger partial charge in [0.15, 0.2) is 0 Å². The molecule has 4 heteroatoms. The first-order valence-corrected chi connectivity index (χ1v) is 7.93. The maximum Gasteiger partial charge on any atom is 0.141 e. The molecule has 0 bridgehead atoms. The Bertz CT molecular complexity index is 430. The molecule has 21 heavy (non-hydrogen) atoms. The van der Waals surface area contributed by atoms with E-state index in [1.807, 2.05) is 0 Å². The van der Waals surface area contributed by atoms with E-state index in [-0.39, 0.29) is 5.82 Å². The molecule has 0 fully saturated rings. The van der Waals surface area contributed by atoms with Crippen LogP contribution >= 0.6 is 0 Å². The van der Waals surface area contributed by atoms with Gasteiger partial charge in [-0.25, -0.2) is 9.37 Å². The molecule has 0 aliphatic rings.